The van der Waals surface area contributed by atoms with Crippen molar-refractivity contribution >= 4 is 11.8 Å². The Morgan fingerprint density at radius 2 is 1.94 bits per heavy atom. The minimum atomic E-state index is 0.294. The van der Waals surface area contributed by atoms with Crippen LogP contribution in [0.1, 0.15) is 12.8 Å². The number of hydrogen-bond donors (Lipinski definition) is 2. The summed E-state index contributed by atoms with van der Waals surface area (Å²) in [6, 6.07) is 6.28. The quantitative estimate of drug-likeness (QED) is 0.834. The van der Waals surface area contributed by atoms with Crippen molar-refractivity contribution in [2.24, 2.45) is 0 Å². The third-order valence-electron chi connectivity index (χ3n) is 2.65. The average Bonchev–Trinajstić information content (AvgIpc) is 3.13. The standard InChI is InChI=1S/C12H13N5/c13-12-16-10(8-3-5-14-6-4-8)7-11(17-12)15-9-1-2-9/h3-7,9H,1-2H2,(H3,13,15,16,17). The Hall–Kier alpha value is -2.17. The van der Waals surface area contributed by atoms with Crippen molar-refractivity contribution < 1.29 is 0 Å². The molecular weight excluding hydrogens is 214 g/mol. The molecule has 2 heterocycles. The summed E-state index contributed by atoms with van der Waals surface area (Å²) in [5, 5.41) is 3.32. The smallest absolute Gasteiger partial charge is 0.222 e. The molecule has 5 heteroatoms. The lowest BCUT2D eigenvalue weighted by molar-refractivity contribution is 1.09. The molecule has 0 aromatic carbocycles. The van der Waals surface area contributed by atoms with Gasteiger partial charge in [-0.05, 0) is 25.0 Å². The van der Waals surface area contributed by atoms with Crippen LogP contribution in [0.2, 0.25) is 0 Å². The number of hydrogen-bond acceptors (Lipinski definition) is 5. The second-order valence-corrected chi connectivity index (χ2v) is 4.15. The summed E-state index contributed by atoms with van der Waals surface area (Å²) in [6.45, 7) is 0. The Kier molecular flexibility index (Phi) is 2.36. The van der Waals surface area contributed by atoms with Gasteiger partial charge in [0.2, 0.25) is 5.95 Å². The average molecular weight is 227 g/mol. The third kappa shape index (κ3) is 2.33. The van der Waals surface area contributed by atoms with Crippen LogP contribution < -0.4 is 11.1 Å². The fourth-order valence-electron chi connectivity index (χ4n) is 1.65. The van der Waals surface area contributed by atoms with Gasteiger partial charge in [0.1, 0.15) is 5.82 Å². The Bertz CT molecular complexity index is 522. The zero-order valence-electron chi connectivity index (χ0n) is 9.30. The van der Waals surface area contributed by atoms with Crippen molar-refractivity contribution in [3.8, 4) is 11.3 Å². The molecule has 1 fully saturated rings. The van der Waals surface area contributed by atoms with Gasteiger partial charge in [-0.2, -0.15) is 4.98 Å². The molecule has 3 rings (SSSR count). The van der Waals surface area contributed by atoms with Crippen molar-refractivity contribution in [1.82, 2.24) is 15.0 Å². The number of nitrogens with one attached hydrogen (secondary N) is 1. The maximum Gasteiger partial charge on any atom is 0.222 e. The molecule has 1 aliphatic carbocycles. The van der Waals surface area contributed by atoms with Gasteiger partial charge in [0.25, 0.3) is 0 Å². The second-order valence-electron chi connectivity index (χ2n) is 4.15. The predicted octanol–water partition coefficient (Wildman–Crippen LogP) is 1.70. The fraction of sp³-hybridized carbons (Fsp3) is 0.250. The first-order valence-electron chi connectivity index (χ1n) is 5.63. The summed E-state index contributed by atoms with van der Waals surface area (Å²) in [5.41, 5.74) is 7.53. The van der Waals surface area contributed by atoms with E-state index in [4.69, 9.17) is 5.73 Å². The monoisotopic (exact) mass is 227 g/mol. The lowest BCUT2D eigenvalue weighted by Gasteiger charge is -2.07. The largest absolute Gasteiger partial charge is 0.368 e. The molecule has 86 valence electrons. The fourth-order valence-corrected chi connectivity index (χ4v) is 1.65. The molecule has 0 saturated heterocycles. The van der Waals surface area contributed by atoms with Crippen LogP contribution in [0.4, 0.5) is 11.8 Å². The molecule has 2 aromatic rings. The predicted molar refractivity (Wildman–Crippen MR) is 66.3 cm³/mol. The van der Waals surface area contributed by atoms with Crippen LogP contribution in [0.15, 0.2) is 30.6 Å². The Labute approximate surface area is 99.1 Å². The van der Waals surface area contributed by atoms with Gasteiger partial charge in [-0.15, -0.1) is 0 Å². The lowest BCUT2D eigenvalue weighted by atomic mass is 10.2. The van der Waals surface area contributed by atoms with Crippen LogP contribution in [-0.4, -0.2) is 21.0 Å². The normalized spacial score (nSPS) is 14.6. The van der Waals surface area contributed by atoms with Gasteiger partial charge in [0, 0.05) is 30.1 Å². The third-order valence-corrected chi connectivity index (χ3v) is 2.65. The van der Waals surface area contributed by atoms with Gasteiger partial charge in [0.05, 0.1) is 5.69 Å². The SMILES string of the molecule is Nc1nc(NC2CC2)cc(-c2ccncc2)n1. The molecule has 1 saturated carbocycles. The van der Waals surface area contributed by atoms with Crippen molar-refractivity contribution in [2.45, 2.75) is 18.9 Å². The molecule has 5 nitrogen and oxygen atoms in total. The molecule has 0 atom stereocenters. The first kappa shape index (κ1) is 10.0. The summed E-state index contributed by atoms with van der Waals surface area (Å²) in [5.74, 6) is 1.09. The van der Waals surface area contributed by atoms with Crippen molar-refractivity contribution in [3.63, 3.8) is 0 Å². The van der Waals surface area contributed by atoms with Gasteiger partial charge in [-0.3, -0.25) is 4.98 Å². The van der Waals surface area contributed by atoms with E-state index in [0.717, 1.165) is 17.1 Å². The van der Waals surface area contributed by atoms with Gasteiger partial charge >= 0.3 is 0 Å². The van der Waals surface area contributed by atoms with E-state index in [1.165, 1.54) is 12.8 Å². The second kappa shape index (κ2) is 4.01. The highest BCUT2D eigenvalue weighted by Crippen LogP contribution is 2.26. The minimum Gasteiger partial charge on any atom is -0.368 e. The highest BCUT2D eigenvalue weighted by molar-refractivity contribution is 5.63. The van der Waals surface area contributed by atoms with Crippen molar-refractivity contribution in [1.29, 1.82) is 0 Å². The summed E-state index contributed by atoms with van der Waals surface area (Å²) in [7, 11) is 0. The molecule has 0 bridgehead atoms. The number of anilines is 2. The van der Waals surface area contributed by atoms with E-state index in [2.05, 4.69) is 20.3 Å². The first-order valence-corrected chi connectivity index (χ1v) is 5.63. The molecule has 17 heavy (non-hydrogen) atoms. The van der Waals surface area contributed by atoms with Gasteiger partial charge in [-0.25, -0.2) is 4.98 Å². The number of nitrogens with two attached hydrogens (primary N) is 1. The van der Waals surface area contributed by atoms with Gasteiger partial charge in [0.15, 0.2) is 0 Å². The van der Waals surface area contributed by atoms with Gasteiger partial charge in [-0.1, -0.05) is 0 Å². The lowest BCUT2D eigenvalue weighted by Crippen LogP contribution is -2.06. The molecule has 3 N–H and O–H groups in total. The maximum absolute atomic E-state index is 5.72. The number of rotatable bonds is 3. The Morgan fingerprint density at radius 3 is 2.65 bits per heavy atom. The van der Waals surface area contributed by atoms with Crippen LogP contribution in [0, 0.1) is 0 Å². The molecule has 2 aromatic heterocycles. The topological polar surface area (TPSA) is 76.7 Å². The van der Waals surface area contributed by atoms with Crippen molar-refractivity contribution in [3.05, 3.63) is 30.6 Å². The van der Waals surface area contributed by atoms with E-state index in [-0.39, 0.29) is 0 Å². The summed E-state index contributed by atoms with van der Waals surface area (Å²) in [6.07, 6.45) is 5.88. The van der Waals surface area contributed by atoms with Crippen LogP contribution in [0.25, 0.3) is 11.3 Å². The minimum absolute atomic E-state index is 0.294. The Balaban J connectivity index is 1.95. The summed E-state index contributed by atoms with van der Waals surface area (Å²) in [4.78, 5) is 12.4. The van der Waals surface area contributed by atoms with E-state index < -0.39 is 0 Å². The molecule has 1 aliphatic rings. The number of nitrogen functional groups attached to an aromatic ring is 1. The Morgan fingerprint density at radius 1 is 1.18 bits per heavy atom. The first-order chi connectivity index (χ1) is 8.31. The molecule has 0 radical (unpaired) electrons. The highest BCUT2D eigenvalue weighted by Gasteiger charge is 2.21. The highest BCUT2D eigenvalue weighted by atomic mass is 15.1. The van der Waals surface area contributed by atoms with Crippen molar-refractivity contribution in [2.75, 3.05) is 11.1 Å². The van der Waals surface area contributed by atoms with Crippen LogP contribution in [-0.2, 0) is 0 Å². The number of aromatic nitrogens is 3. The number of pyridine rings is 1. The van der Waals surface area contributed by atoms with Gasteiger partial charge < -0.3 is 11.1 Å². The van der Waals surface area contributed by atoms with E-state index in [1.54, 1.807) is 12.4 Å². The molecule has 0 spiro atoms. The summed E-state index contributed by atoms with van der Waals surface area (Å²) < 4.78 is 0. The van der Waals surface area contributed by atoms with E-state index >= 15 is 0 Å². The van der Waals surface area contributed by atoms with E-state index in [0.29, 0.717) is 12.0 Å². The molecule has 0 aliphatic heterocycles. The molecule has 0 unspecified atom stereocenters. The number of nitrogens with zero attached hydrogens (tertiary/aromatic N) is 3. The van der Waals surface area contributed by atoms with Crippen LogP contribution >= 0.6 is 0 Å². The van der Waals surface area contributed by atoms with Crippen LogP contribution in [0.3, 0.4) is 0 Å². The van der Waals surface area contributed by atoms with Crippen LogP contribution in [0.5, 0.6) is 0 Å². The van der Waals surface area contributed by atoms with E-state index in [9.17, 15) is 0 Å². The summed E-state index contributed by atoms with van der Waals surface area (Å²) >= 11 is 0. The maximum atomic E-state index is 5.72. The molecular formula is C12H13N5. The zero-order valence-corrected chi connectivity index (χ0v) is 9.30. The zero-order chi connectivity index (χ0) is 11.7. The molecule has 0 amide bonds. The van der Waals surface area contributed by atoms with E-state index in [1.807, 2.05) is 18.2 Å².